The summed E-state index contributed by atoms with van der Waals surface area (Å²) in [7, 11) is 0. The fourth-order valence-corrected chi connectivity index (χ4v) is 3.56. The van der Waals surface area contributed by atoms with Crippen LogP contribution in [0.2, 0.25) is 0 Å². The van der Waals surface area contributed by atoms with Gasteiger partial charge in [-0.25, -0.2) is 9.78 Å². The summed E-state index contributed by atoms with van der Waals surface area (Å²) in [5, 5.41) is 3.29. The average Bonchev–Trinajstić information content (AvgIpc) is 3.07. The largest absolute Gasteiger partial charge is 0.463 e. The SMILES string of the molecule is CCOC(=O)C1=C(C)Nc2ncc(CN(CC)CC)n2C1c1ccccc1. The molecule has 1 atom stereocenters. The van der Waals surface area contributed by atoms with Crippen LogP contribution in [-0.4, -0.2) is 40.1 Å². The van der Waals surface area contributed by atoms with Gasteiger partial charge in [-0.3, -0.25) is 4.90 Å². The first-order chi connectivity index (χ1) is 13.1. The van der Waals surface area contributed by atoms with Crippen LogP contribution in [0.1, 0.15) is 45.0 Å². The number of imidazole rings is 1. The van der Waals surface area contributed by atoms with Gasteiger partial charge in [-0.1, -0.05) is 44.2 Å². The Morgan fingerprint density at radius 2 is 1.93 bits per heavy atom. The summed E-state index contributed by atoms with van der Waals surface area (Å²) in [6, 6.07) is 9.82. The maximum atomic E-state index is 12.8. The molecule has 2 heterocycles. The number of ether oxygens (including phenoxy) is 1. The average molecular weight is 368 g/mol. The van der Waals surface area contributed by atoms with E-state index in [9.17, 15) is 4.79 Å². The van der Waals surface area contributed by atoms with Crippen molar-refractivity contribution >= 4 is 11.9 Å². The summed E-state index contributed by atoms with van der Waals surface area (Å²) in [6.45, 7) is 11.1. The lowest BCUT2D eigenvalue weighted by atomic mass is 9.95. The predicted octanol–water partition coefficient (Wildman–Crippen LogP) is 3.58. The number of nitrogens with one attached hydrogen (secondary N) is 1. The smallest absolute Gasteiger partial charge is 0.338 e. The molecule has 3 rings (SSSR count). The lowest BCUT2D eigenvalue weighted by molar-refractivity contribution is -0.139. The number of esters is 1. The Balaban J connectivity index is 2.12. The van der Waals surface area contributed by atoms with E-state index in [1.165, 1.54) is 0 Å². The molecule has 27 heavy (non-hydrogen) atoms. The van der Waals surface area contributed by atoms with Crippen molar-refractivity contribution in [2.24, 2.45) is 0 Å². The van der Waals surface area contributed by atoms with Gasteiger partial charge in [-0.15, -0.1) is 0 Å². The van der Waals surface area contributed by atoms with E-state index in [1.54, 1.807) is 0 Å². The van der Waals surface area contributed by atoms with E-state index < -0.39 is 0 Å². The van der Waals surface area contributed by atoms with E-state index in [0.717, 1.165) is 42.5 Å². The van der Waals surface area contributed by atoms with E-state index in [1.807, 2.05) is 50.4 Å². The number of anilines is 1. The summed E-state index contributed by atoms with van der Waals surface area (Å²) in [5.41, 5.74) is 3.54. The Kier molecular flexibility index (Phi) is 5.96. The van der Waals surface area contributed by atoms with Crippen LogP contribution in [-0.2, 0) is 16.1 Å². The molecule has 0 radical (unpaired) electrons. The van der Waals surface area contributed by atoms with E-state index in [-0.39, 0.29) is 12.0 Å². The van der Waals surface area contributed by atoms with Gasteiger partial charge in [0.25, 0.3) is 0 Å². The number of carbonyl (C=O) groups excluding carboxylic acids is 1. The van der Waals surface area contributed by atoms with Crippen LogP contribution >= 0.6 is 0 Å². The Morgan fingerprint density at radius 1 is 1.22 bits per heavy atom. The fraction of sp³-hybridized carbons (Fsp3) is 0.429. The third kappa shape index (κ3) is 3.76. The molecule has 1 aliphatic rings. The Bertz CT molecular complexity index is 822. The molecular formula is C21H28N4O2. The number of aromatic nitrogens is 2. The molecule has 1 N–H and O–H groups in total. The second-order valence-electron chi connectivity index (χ2n) is 6.60. The zero-order chi connectivity index (χ0) is 19.4. The normalized spacial score (nSPS) is 16.3. The maximum Gasteiger partial charge on any atom is 0.338 e. The first kappa shape index (κ1) is 19.2. The van der Waals surface area contributed by atoms with E-state index in [0.29, 0.717) is 12.2 Å². The van der Waals surface area contributed by atoms with Crippen molar-refractivity contribution in [1.82, 2.24) is 14.5 Å². The molecular weight excluding hydrogens is 340 g/mol. The second-order valence-corrected chi connectivity index (χ2v) is 6.60. The molecule has 1 aliphatic heterocycles. The number of nitrogens with zero attached hydrogens (tertiary/aromatic N) is 3. The van der Waals surface area contributed by atoms with Crippen LogP contribution in [0.15, 0.2) is 47.8 Å². The number of allylic oxidation sites excluding steroid dienone is 1. The van der Waals surface area contributed by atoms with Crippen molar-refractivity contribution in [3.05, 3.63) is 59.1 Å². The fourth-order valence-electron chi connectivity index (χ4n) is 3.56. The molecule has 0 amide bonds. The zero-order valence-electron chi connectivity index (χ0n) is 16.5. The monoisotopic (exact) mass is 368 g/mol. The van der Waals surface area contributed by atoms with Crippen molar-refractivity contribution in [2.75, 3.05) is 25.0 Å². The van der Waals surface area contributed by atoms with Crippen LogP contribution in [0.3, 0.4) is 0 Å². The molecule has 1 unspecified atom stereocenters. The van der Waals surface area contributed by atoms with E-state index in [2.05, 4.69) is 33.6 Å². The van der Waals surface area contributed by atoms with Gasteiger partial charge in [0.2, 0.25) is 5.95 Å². The molecule has 1 aromatic heterocycles. The van der Waals surface area contributed by atoms with E-state index in [4.69, 9.17) is 4.74 Å². The van der Waals surface area contributed by atoms with Crippen molar-refractivity contribution in [3.8, 4) is 0 Å². The van der Waals surface area contributed by atoms with Gasteiger partial charge in [0.15, 0.2) is 0 Å². The van der Waals surface area contributed by atoms with Crippen LogP contribution in [0.25, 0.3) is 0 Å². The highest BCUT2D eigenvalue weighted by Gasteiger charge is 2.35. The van der Waals surface area contributed by atoms with Gasteiger partial charge in [0.05, 0.1) is 30.1 Å². The summed E-state index contributed by atoms with van der Waals surface area (Å²) in [4.78, 5) is 19.7. The molecule has 0 saturated heterocycles. The number of fused-ring (bicyclic) bond motifs is 1. The number of rotatable bonds is 7. The lowest BCUT2D eigenvalue weighted by Gasteiger charge is -2.32. The summed E-state index contributed by atoms with van der Waals surface area (Å²) < 4.78 is 7.51. The van der Waals surface area contributed by atoms with Gasteiger partial charge >= 0.3 is 5.97 Å². The first-order valence-electron chi connectivity index (χ1n) is 9.58. The number of hydrogen-bond acceptors (Lipinski definition) is 5. The molecule has 0 spiro atoms. The van der Waals surface area contributed by atoms with Gasteiger partial charge in [0.1, 0.15) is 0 Å². The minimum atomic E-state index is -0.288. The van der Waals surface area contributed by atoms with Crippen molar-refractivity contribution < 1.29 is 9.53 Å². The van der Waals surface area contributed by atoms with Crippen LogP contribution < -0.4 is 5.32 Å². The van der Waals surface area contributed by atoms with Crippen LogP contribution in [0.4, 0.5) is 5.95 Å². The quantitative estimate of drug-likeness (QED) is 0.757. The molecule has 0 saturated carbocycles. The number of carbonyl (C=O) groups is 1. The topological polar surface area (TPSA) is 59.4 Å². The van der Waals surface area contributed by atoms with Gasteiger partial charge < -0.3 is 14.6 Å². The summed E-state index contributed by atoms with van der Waals surface area (Å²) in [6.07, 6.45) is 1.90. The molecule has 2 aromatic rings. The second kappa shape index (κ2) is 8.39. The van der Waals surface area contributed by atoms with Gasteiger partial charge in [-0.05, 0) is 32.5 Å². The third-order valence-electron chi connectivity index (χ3n) is 5.00. The summed E-state index contributed by atoms with van der Waals surface area (Å²) in [5.74, 6) is 0.473. The van der Waals surface area contributed by atoms with Gasteiger partial charge in [-0.2, -0.15) is 0 Å². The highest BCUT2D eigenvalue weighted by Crippen LogP contribution is 2.37. The summed E-state index contributed by atoms with van der Waals surface area (Å²) >= 11 is 0. The van der Waals surface area contributed by atoms with Crippen molar-refractivity contribution in [3.63, 3.8) is 0 Å². The van der Waals surface area contributed by atoms with Crippen LogP contribution in [0, 0.1) is 0 Å². The van der Waals surface area contributed by atoms with Crippen molar-refractivity contribution in [1.29, 1.82) is 0 Å². The minimum absolute atomic E-state index is 0.255. The number of hydrogen-bond donors (Lipinski definition) is 1. The van der Waals surface area contributed by atoms with E-state index >= 15 is 0 Å². The molecule has 0 bridgehead atoms. The number of benzene rings is 1. The highest BCUT2D eigenvalue weighted by atomic mass is 16.5. The van der Waals surface area contributed by atoms with Crippen molar-refractivity contribution in [2.45, 2.75) is 40.3 Å². The molecule has 0 fully saturated rings. The lowest BCUT2D eigenvalue weighted by Crippen LogP contribution is -2.31. The minimum Gasteiger partial charge on any atom is -0.463 e. The molecule has 6 heteroatoms. The zero-order valence-corrected chi connectivity index (χ0v) is 16.5. The Hall–Kier alpha value is -2.60. The molecule has 144 valence electrons. The van der Waals surface area contributed by atoms with Crippen LogP contribution in [0.5, 0.6) is 0 Å². The molecule has 1 aromatic carbocycles. The first-order valence-corrected chi connectivity index (χ1v) is 9.58. The maximum absolute atomic E-state index is 12.8. The third-order valence-corrected chi connectivity index (χ3v) is 5.00. The molecule has 6 nitrogen and oxygen atoms in total. The highest BCUT2D eigenvalue weighted by molar-refractivity contribution is 5.92. The van der Waals surface area contributed by atoms with Gasteiger partial charge in [0, 0.05) is 12.2 Å². The Morgan fingerprint density at radius 3 is 2.56 bits per heavy atom. The predicted molar refractivity (Wildman–Crippen MR) is 106 cm³/mol. The standard InChI is InChI=1S/C21H28N4O2/c1-5-24(6-2)14-17-13-22-21-23-15(4)18(20(26)27-7-3)19(25(17)21)16-11-9-8-10-12-16/h8-13,19H,5-7,14H2,1-4H3,(H,22,23). The Labute approximate surface area is 160 Å². The molecule has 0 aliphatic carbocycles.